The first-order valence-corrected chi connectivity index (χ1v) is 10.0. The molecule has 0 aliphatic carbocycles. The van der Waals surface area contributed by atoms with Crippen LogP contribution in [0.3, 0.4) is 0 Å². The van der Waals surface area contributed by atoms with Gasteiger partial charge in [0, 0.05) is 19.6 Å². The number of ether oxygens (including phenoxy) is 3. The molecule has 1 atom stereocenters. The Bertz CT molecular complexity index is 808. The van der Waals surface area contributed by atoms with E-state index in [9.17, 15) is 9.18 Å². The highest BCUT2D eigenvalue weighted by molar-refractivity contribution is 5.89. The third kappa shape index (κ3) is 5.55. The molecule has 0 N–H and O–H groups in total. The first-order valence-electron chi connectivity index (χ1n) is 10.0. The summed E-state index contributed by atoms with van der Waals surface area (Å²) in [7, 11) is 0. The van der Waals surface area contributed by atoms with E-state index in [-0.39, 0.29) is 17.9 Å². The highest BCUT2D eigenvalue weighted by atomic mass is 19.1. The van der Waals surface area contributed by atoms with Crippen molar-refractivity contribution < 1.29 is 23.4 Å². The standard InChI is InChI=1S/C23H28FNO4/c1-3-23(2,19-7-5-4-6-8-19)29-21-17-18(9-10-20(21)24)22(26)28-16-13-25-11-14-27-15-12-25/h4-10,17H,3,11-16H2,1-2H3. The molecule has 29 heavy (non-hydrogen) atoms. The van der Waals surface area contributed by atoms with Crippen molar-refractivity contribution in [2.45, 2.75) is 25.9 Å². The van der Waals surface area contributed by atoms with Crippen LogP contribution < -0.4 is 4.74 Å². The maximum Gasteiger partial charge on any atom is 0.338 e. The average molecular weight is 401 g/mol. The lowest BCUT2D eigenvalue weighted by molar-refractivity contribution is 0.0194. The van der Waals surface area contributed by atoms with E-state index in [1.165, 1.54) is 18.2 Å². The molecular weight excluding hydrogens is 373 g/mol. The van der Waals surface area contributed by atoms with E-state index in [0.29, 0.717) is 26.2 Å². The van der Waals surface area contributed by atoms with E-state index in [0.717, 1.165) is 18.7 Å². The Balaban J connectivity index is 1.66. The lowest BCUT2D eigenvalue weighted by Gasteiger charge is -2.30. The predicted octanol–water partition coefficient (Wildman–Crippen LogP) is 4.02. The summed E-state index contributed by atoms with van der Waals surface area (Å²) >= 11 is 0. The molecule has 156 valence electrons. The molecule has 0 saturated carbocycles. The van der Waals surface area contributed by atoms with Gasteiger partial charge in [-0.25, -0.2) is 9.18 Å². The van der Waals surface area contributed by atoms with Crippen molar-refractivity contribution in [3.8, 4) is 5.75 Å². The summed E-state index contributed by atoms with van der Waals surface area (Å²) in [5.74, 6) is -0.952. The van der Waals surface area contributed by atoms with Crippen LogP contribution in [-0.4, -0.2) is 50.3 Å². The Morgan fingerprint density at radius 1 is 1.17 bits per heavy atom. The summed E-state index contributed by atoms with van der Waals surface area (Å²) in [5.41, 5.74) is 0.510. The molecule has 0 aromatic heterocycles. The van der Waals surface area contributed by atoms with E-state index in [1.807, 2.05) is 44.2 Å². The van der Waals surface area contributed by atoms with Gasteiger partial charge in [0.05, 0.1) is 18.8 Å². The van der Waals surface area contributed by atoms with Crippen LogP contribution >= 0.6 is 0 Å². The normalized spacial score (nSPS) is 16.8. The van der Waals surface area contributed by atoms with Crippen LogP contribution in [0.4, 0.5) is 4.39 Å². The zero-order valence-corrected chi connectivity index (χ0v) is 17.0. The fourth-order valence-electron chi connectivity index (χ4n) is 3.25. The first kappa shape index (κ1) is 21.3. The largest absolute Gasteiger partial charge is 0.480 e. The molecule has 2 aromatic rings. The molecule has 2 aromatic carbocycles. The van der Waals surface area contributed by atoms with Crippen molar-refractivity contribution in [2.24, 2.45) is 0 Å². The number of hydrogen-bond acceptors (Lipinski definition) is 5. The van der Waals surface area contributed by atoms with Crippen LogP contribution in [0, 0.1) is 5.82 Å². The molecule has 1 aliphatic rings. The zero-order chi connectivity index (χ0) is 20.7. The third-order valence-corrected chi connectivity index (χ3v) is 5.31. The number of benzene rings is 2. The van der Waals surface area contributed by atoms with E-state index in [4.69, 9.17) is 14.2 Å². The monoisotopic (exact) mass is 401 g/mol. The Hall–Kier alpha value is -2.44. The van der Waals surface area contributed by atoms with Gasteiger partial charge in [0.15, 0.2) is 11.6 Å². The molecule has 0 amide bonds. The smallest absolute Gasteiger partial charge is 0.338 e. The molecule has 1 unspecified atom stereocenters. The molecule has 0 bridgehead atoms. The van der Waals surface area contributed by atoms with Crippen molar-refractivity contribution in [1.29, 1.82) is 0 Å². The number of esters is 1. The summed E-state index contributed by atoms with van der Waals surface area (Å²) in [6.07, 6.45) is 0.644. The molecular formula is C23H28FNO4. The molecule has 1 saturated heterocycles. The number of morpholine rings is 1. The zero-order valence-electron chi connectivity index (χ0n) is 17.0. The van der Waals surface area contributed by atoms with Gasteiger partial charge in [-0.2, -0.15) is 0 Å². The Morgan fingerprint density at radius 3 is 2.59 bits per heavy atom. The highest BCUT2D eigenvalue weighted by Gasteiger charge is 2.28. The molecule has 1 fully saturated rings. The second-order valence-electron chi connectivity index (χ2n) is 7.29. The van der Waals surface area contributed by atoms with Crippen molar-refractivity contribution in [1.82, 2.24) is 4.90 Å². The van der Waals surface area contributed by atoms with Gasteiger partial charge in [0.1, 0.15) is 12.2 Å². The van der Waals surface area contributed by atoms with Gasteiger partial charge in [-0.05, 0) is 37.1 Å². The van der Waals surface area contributed by atoms with Gasteiger partial charge in [0.25, 0.3) is 0 Å². The maximum atomic E-state index is 14.4. The van der Waals surface area contributed by atoms with Gasteiger partial charge >= 0.3 is 5.97 Å². The molecule has 5 nitrogen and oxygen atoms in total. The second-order valence-corrected chi connectivity index (χ2v) is 7.29. The quantitative estimate of drug-likeness (QED) is 0.626. The number of halogens is 1. The van der Waals surface area contributed by atoms with Crippen molar-refractivity contribution in [2.75, 3.05) is 39.5 Å². The summed E-state index contributed by atoms with van der Waals surface area (Å²) < 4.78 is 31.1. The minimum Gasteiger partial charge on any atom is -0.480 e. The SMILES string of the molecule is CCC(C)(Oc1cc(C(=O)OCCN2CCOCC2)ccc1F)c1ccccc1. The van der Waals surface area contributed by atoms with Gasteiger partial charge < -0.3 is 14.2 Å². The van der Waals surface area contributed by atoms with Crippen LogP contribution in [-0.2, 0) is 15.1 Å². The van der Waals surface area contributed by atoms with E-state index >= 15 is 0 Å². The van der Waals surface area contributed by atoms with Gasteiger partial charge in [-0.3, -0.25) is 4.90 Å². The lowest BCUT2D eigenvalue weighted by atomic mass is 9.93. The van der Waals surface area contributed by atoms with Crippen LogP contribution in [0.5, 0.6) is 5.75 Å². The second kappa shape index (κ2) is 9.85. The number of nitrogens with zero attached hydrogens (tertiary/aromatic N) is 1. The summed E-state index contributed by atoms with van der Waals surface area (Å²) in [6, 6.07) is 13.8. The van der Waals surface area contributed by atoms with Crippen LogP contribution in [0.15, 0.2) is 48.5 Å². The molecule has 3 rings (SSSR count). The molecule has 1 heterocycles. The predicted molar refractivity (Wildman–Crippen MR) is 109 cm³/mol. The average Bonchev–Trinajstić information content (AvgIpc) is 2.76. The van der Waals surface area contributed by atoms with Gasteiger partial charge in [0.2, 0.25) is 0 Å². The molecule has 0 radical (unpaired) electrons. The molecule has 0 spiro atoms. The van der Waals surface area contributed by atoms with Crippen molar-refractivity contribution in [3.05, 3.63) is 65.5 Å². The number of rotatable bonds is 8. The Morgan fingerprint density at radius 2 is 1.90 bits per heavy atom. The number of hydrogen-bond donors (Lipinski definition) is 0. The summed E-state index contributed by atoms with van der Waals surface area (Å²) in [5, 5.41) is 0. The summed E-state index contributed by atoms with van der Waals surface area (Å²) in [4.78, 5) is 14.6. The lowest BCUT2D eigenvalue weighted by Crippen LogP contribution is -2.38. The van der Waals surface area contributed by atoms with Crippen LogP contribution in [0.25, 0.3) is 0 Å². The van der Waals surface area contributed by atoms with Gasteiger partial charge in [-0.1, -0.05) is 37.3 Å². The van der Waals surface area contributed by atoms with Crippen molar-refractivity contribution in [3.63, 3.8) is 0 Å². The fraction of sp³-hybridized carbons (Fsp3) is 0.435. The van der Waals surface area contributed by atoms with Crippen molar-refractivity contribution >= 4 is 5.97 Å². The molecule has 6 heteroatoms. The third-order valence-electron chi connectivity index (χ3n) is 5.31. The van der Waals surface area contributed by atoms with E-state index < -0.39 is 17.4 Å². The fourth-order valence-corrected chi connectivity index (χ4v) is 3.25. The minimum absolute atomic E-state index is 0.0424. The minimum atomic E-state index is -0.707. The topological polar surface area (TPSA) is 48.0 Å². The van der Waals surface area contributed by atoms with Gasteiger partial charge in [-0.15, -0.1) is 0 Å². The van der Waals surface area contributed by atoms with E-state index in [1.54, 1.807) is 0 Å². The highest BCUT2D eigenvalue weighted by Crippen LogP contribution is 2.33. The van der Waals surface area contributed by atoms with E-state index in [2.05, 4.69) is 4.90 Å². The van der Waals surface area contributed by atoms with Crippen LogP contribution in [0.1, 0.15) is 36.2 Å². The summed E-state index contributed by atoms with van der Waals surface area (Å²) in [6.45, 7) is 7.89. The Kier molecular flexibility index (Phi) is 7.23. The maximum absolute atomic E-state index is 14.4. The number of carbonyl (C=O) groups excluding carboxylic acids is 1. The Labute approximate surface area is 171 Å². The van der Waals surface area contributed by atoms with Crippen LogP contribution in [0.2, 0.25) is 0 Å². The molecule has 1 aliphatic heterocycles. The first-order chi connectivity index (χ1) is 14.0. The number of carbonyl (C=O) groups is 1.